The zero-order valence-electron chi connectivity index (χ0n) is 30.9. The van der Waals surface area contributed by atoms with E-state index in [1.165, 1.54) is 27.3 Å². The highest BCUT2D eigenvalue weighted by Crippen LogP contribution is 2.42. The molecule has 11 aromatic rings. The van der Waals surface area contributed by atoms with Crippen molar-refractivity contribution in [2.45, 2.75) is 0 Å². The zero-order chi connectivity index (χ0) is 37.7. The highest BCUT2D eigenvalue weighted by atomic mass is 16.3. The maximum absolute atomic E-state index is 6.61. The number of furan rings is 1. The smallest absolute Gasteiger partial charge is 0.160 e. The molecule has 0 saturated heterocycles. The van der Waals surface area contributed by atoms with Crippen LogP contribution in [-0.4, -0.2) is 9.97 Å². The van der Waals surface area contributed by atoms with Crippen molar-refractivity contribution < 1.29 is 4.42 Å². The molecule has 0 aliphatic rings. The average Bonchev–Trinajstić information content (AvgIpc) is 3.68. The molecule has 0 aliphatic carbocycles. The van der Waals surface area contributed by atoms with Gasteiger partial charge in [-0.2, -0.15) is 0 Å². The third kappa shape index (κ3) is 5.76. The summed E-state index contributed by atoms with van der Waals surface area (Å²) >= 11 is 0. The number of aromatic nitrogens is 2. The normalized spacial score (nSPS) is 11.5. The standard InChI is InChI=1S/C54H34N2O/c1-3-15-35(16-4-1)43-29-30-47(46-23-10-9-22-45(43)46)51-34-50(55-54(56-51)37-18-5-2-6-19-37)40-32-38(42-25-13-20-36-17-7-8-21-41(36)42)31-39(33-40)44-26-14-27-49-48-24-11-12-28-52(48)57-53(44)49/h1-34H. The molecule has 0 radical (unpaired) electrons. The molecule has 3 nitrogen and oxygen atoms in total. The second-order valence-corrected chi connectivity index (χ2v) is 14.5. The third-order valence-corrected chi connectivity index (χ3v) is 11.1. The Bertz CT molecular complexity index is 3290. The van der Waals surface area contributed by atoms with Crippen molar-refractivity contribution in [1.82, 2.24) is 9.97 Å². The monoisotopic (exact) mass is 726 g/mol. The lowest BCUT2D eigenvalue weighted by Gasteiger charge is -2.16. The van der Waals surface area contributed by atoms with Gasteiger partial charge in [0, 0.05) is 33.0 Å². The molecule has 0 fully saturated rings. The Kier molecular flexibility index (Phi) is 7.82. The van der Waals surface area contributed by atoms with E-state index in [2.05, 4.69) is 176 Å². The predicted octanol–water partition coefficient (Wildman–Crippen LogP) is 14.7. The quantitative estimate of drug-likeness (QED) is 0.171. The number of benzene rings is 9. The lowest BCUT2D eigenvalue weighted by Crippen LogP contribution is -1.97. The summed E-state index contributed by atoms with van der Waals surface area (Å²) in [5.74, 6) is 0.677. The molecule has 0 amide bonds. The first-order valence-electron chi connectivity index (χ1n) is 19.3. The molecule has 2 heterocycles. The maximum Gasteiger partial charge on any atom is 0.160 e. The van der Waals surface area contributed by atoms with Crippen LogP contribution in [0.1, 0.15) is 0 Å². The van der Waals surface area contributed by atoms with Gasteiger partial charge in [-0.05, 0) is 79.7 Å². The highest BCUT2D eigenvalue weighted by Gasteiger charge is 2.19. The van der Waals surface area contributed by atoms with Gasteiger partial charge in [0.1, 0.15) is 11.2 Å². The fourth-order valence-electron chi connectivity index (χ4n) is 8.38. The van der Waals surface area contributed by atoms with E-state index in [0.29, 0.717) is 5.82 Å². The predicted molar refractivity (Wildman–Crippen MR) is 237 cm³/mol. The van der Waals surface area contributed by atoms with E-state index >= 15 is 0 Å². The third-order valence-electron chi connectivity index (χ3n) is 11.1. The van der Waals surface area contributed by atoms with E-state index < -0.39 is 0 Å². The van der Waals surface area contributed by atoms with Gasteiger partial charge in [0.25, 0.3) is 0 Å². The highest BCUT2D eigenvalue weighted by molar-refractivity contribution is 6.10. The van der Waals surface area contributed by atoms with Crippen molar-refractivity contribution in [2.24, 2.45) is 0 Å². The van der Waals surface area contributed by atoms with E-state index in [1.807, 2.05) is 30.3 Å². The van der Waals surface area contributed by atoms with Gasteiger partial charge in [-0.25, -0.2) is 9.97 Å². The first kappa shape index (κ1) is 32.8. The minimum Gasteiger partial charge on any atom is -0.455 e. The lowest BCUT2D eigenvalue weighted by molar-refractivity contribution is 0.670. The zero-order valence-corrected chi connectivity index (χ0v) is 30.9. The van der Waals surface area contributed by atoms with Crippen LogP contribution in [0.25, 0.3) is 111 Å². The maximum atomic E-state index is 6.61. The molecule has 0 N–H and O–H groups in total. The number of nitrogens with zero attached hydrogens (tertiary/aromatic N) is 2. The van der Waals surface area contributed by atoms with Gasteiger partial charge < -0.3 is 4.42 Å². The van der Waals surface area contributed by atoms with Crippen LogP contribution in [0, 0.1) is 0 Å². The van der Waals surface area contributed by atoms with Crippen LogP contribution in [0.5, 0.6) is 0 Å². The minimum absolute atomic E-state index is 0.677. The second kappa shape index (κ2) is 13.6. The summed E-state index contributed by atoms with van der Waals surface area (Å²) in [5.41, 5.74) is 13.2. The summed E-state index contributed by atoms with van der Waals surface area (Å²) in [6.45, 7) is 0. The topological polar surface area (TPSA) is 38.9 Å². The van der Waals surface area contributed by atoms with Crippen molar-refractivity contribution in [3.05, 3.63) is 206 Å². The summed E-state index contributed by atoms with van der Waals surface area (Å²) in [4.78, 5) is 10.6. The van der Waals surface area contributed by atoms with E-state index in [-0.39, 0.29) is 0 Å². The van der Waals surface area contributed by atoms with E-state index in [1.54, 1.807) is 0 Å². The summed E-state index contributed by atoms with van der Waals surface area (Å²) in [7, 11) is 0. The first-order valence-corrected chi connectivity index (χ1v) is 19.3. The van der Waals surface area contributed by atoms with Gasteiger partial charge in [-0.15, -0.1) is 0 Å². The summed E-state index contributed by atoms with van der Waals surface area (Å²) in [6, 6.07) is 72.8. The second-order valence-electron chi connectivity index (χ2n) is 14.5. The van der Waals surface area contributed by atoms with E-state index in [9.17, 15) is 0 Å². The van der Waals surface area contributed by atoms with Crippen LogP contribution in [0.2, 0.25) is 0 Å². The molecule has 2 aromatic heterocycles. The lowest BCUT2D eigenvalue weighted by atomic mass is 9.91. The Morgan fingerprint density at radius 3 is 1.63 bits per heavy atom. The van der Waals surface area contributed by atoms with Gasteiger partial charge in [-0.1, -0.05) is 176 Å². The molecular formula is C54H34N2O. The van der Waals surface area contributed by atoms with Crippen molar-refractivity contribution in [2.75, 3.05) is 0 Å². The van der Waals surface area contributed by atoms with Crippen LogP contribution >= 0.6 is 0 Å². The number of rotatable bonds is 6. The van der Waals surface area contributed by atoms with Crippen LogP contribution in [-0.2, 0) is 0 Å². The molecule has 0 saturated carbocycles. The van der Waals surface area contributed by atoms with Gasteiger partial charge in [-0.3, -0.25) is 0 Å². The molecule has 0 spiro atoms. The van der Waals surface area contributed by atoms with Crippen LogP contribution < -0.4 is 0 Å². The van der Waals surface area contributed by atoms with Crippen molar-refractivity contribution in [3.63, 3.8) is 0 Å². The Hall–Kier alpha value is -7.62. The largest absolute Gasteiger partial charge is 0.455 e. The molecular weight excluding hydrogens is 693 g/mol. The Balaban J connectivity index is 1.18. The van der Waals surface area contributed by atoms with Gasteiger partial charge >= 0.3 is 0 Å². The molecule has 3 heteroatoms. The molecule has 0 bridgehead atoms. The molecule has 11 rings (SSSR count). The molecule has 266 valence electrons. The molecule has 57 heavy (non-hydrogen) atoms. The van der Waals surface area contributed by atoms with Crippen LogP contribution in [0.3, 0.4) is 0 Å². The van der Waals surface area contributed by atoms with E-state index in [0.717, 1.165) is 77.7 Å². The Morgan fingerprint density at radius 2 is 0.825 bits per heavy atom. The molecule has 9 aromatic carbocycles. The minimum atomic E-state index is 0.677. The average molecular weight is 727 g/mol. The summed E-state index contributed by atoms with van der Waals surface area (Å²) in [5, 5.41) is 6.93. The Labute approximate surface area is 330 Å². The number of para-hydroxylation sites is 2. The first-order chi connectivity index (χ1) is 28.2. The van der Waals surface area contributed by atoms with Crippen molar-refractivity contribution >= 4 is 43.5 Å². The van der Waals surface area contributed by atoms with Crippen molar-refractivity contribution in [1.29, 1.82) is 0 Å². The SMILES string of the molecule is c1ccc(-c2nc(-c3cc(-c4cccc5ccccc45)cc(-c4cccc5c4oc4ccccc45)c3)cc(-c3ccc(-c4ccccc4)c4ccccc34)n2)cc1. The van der Waals surface area contributed by atoms with Gasteiger partial charge in [0.2, 0.25) is 0 Å². The summed E-state index contributed by atoms with van der Waals surface area (Å²) in [6.07, 6.45) is 0. The molecule has 0 atom stereocenters. The number of hydrogen-bond donors (Lipinski definition) is 0. The van der Waals surface area contributed by atoms with Crippen LogP contribution in [0.15, 0.2) is 211 Å². The Morgan fingerprint density at radius 1 is 0.298 bits per heavy atom. The fourth-order valence-corrected chi connectivity index (χ4v) is 8.38. The molecule has 0 aliphatic heterocycles. The summed E-state index contributed by atoms with van der Waals surface area (Å²) < 4.78 is 6.61. The fraction of sp³-hybridized carbons (Fsp3) is 0. The van der Waals surface area contributed by atoms with Gasteiger partial charge in [0.05, 0.1) is 11.4 Å². The van der Waals surface area contributed by atoms with Crippen molar-refractivity contribution in [3.8, 4) is 67.3 Å². The number of fused-ring (bicyclic) bond motifs is 5. The van der Waals surface area contributed by atoms with Gasteiger partial charge in [0.15, 0.2) is 5.82 Å². The van der Waals surface area contributed by atoms with Crippen LogP contribution in [0.4, 0.5) is 0 Å². The molecule has 0 unspecified atom stereocenters. The van der Waals surface area contributed by atoms with E-state index in [4.69, 9.17) is 14.4 Å². The number of hydrogen-bond acceptors (Lipinski definition) is 3.